The van der Waals surface area contributed by atoms with E-state index >= 15 is 0 Å². The molecule has 0 aliphatic rings. The van der Waals surface area contributed by atoms with Crippen molar-refractivity contribution in [2.75, 3.05) is 14.2 Å². The van der Waals surface area contributed by atoms with Crippen molar-refractivity contribution in [3.05, 3.63) is 27.8 Å². The number of benzene rings is 1. The molecule has 0 unspecified atom stereocenters. The Kier molecular flexibility index (Phi) is 4.65. The van der Waals surface area contributed by atoms with Crippen LogP contribution in [0, 0.1) is 10.1 Å². The zero-order valence-corrected chi connectivity index (χ0v) is 10.5. The van der Waals surface area contributed by atoms with Crippen LogP contribution in [0.2, 0.25) is 0 Å². The third-order valence-electron chi connectivity index (χ3n) is 2.53. The fourth-order valence-corrected chi connectivity index (χ4v) is 1.53. The highest BCUT2D eigenvalue weighted by molar-refractivity contribution is 5.71. The molecule has 1 aromatic rings. The number of carbonyl (C=O) groups is 1. The van der Waals surface area contributed by atoms with Crippen LogP contribution in [-0.2, 0) is 9.53 Å². The molecule has 0 fully saturated rings. The van der Waals surface area contributed by atoms with Gasteiger partial charge in [0, 0.05) is 17.7 Å². The molecule has 0 aliphatic heterocycles. The Balaban J connectivity index is 3.21. The Morgan fingerprint density at radius 2 is 2.16 bits per heavy atom. The lowest BCUT2D eigenvalue weighted by atomic mass is 10.0. The number of phenolic OH excluding ortho intramolecular Hbond substituents is 1. The van der Waals surface area contributed by atoms with Gasteiger partial charge in [0.15, 0.2) is 11.5 Å². The van der Waals surface area contributed by atoms with Crippen molar-refractivity contribution in [1.29, 1.82) is 0 Å². The fraction of sp³-hybridized carbons (Fsp3) is 0.364. The maximum Gasteiger partial charge on any atom is 0.307 e. The summed E-state index contributed by atoms with van der Waals surface area (Å²) in [6.07, 6.45) is -0.214. The number of non-ortho nitro benzene ring substituents is 1. The topological polar surface area (TPSA) is 125 Å². The van der Waals surface area contributed by atoms with E-state index in [9.17, 15) is 20.0 Å². The molecule has 1 aromatic carbocycles. The number of rotatable bonds is 5. The Bertz CT molecular complexity index is 502. The first-order valence-electron chi connectivity index (χ1n) is 5.28. The number of esters is 1. The van der Waals surface area contributed by atoms with Gasteiger partial charge in [0.05, 0.1) is 31.6 Å². The summed E-state index contributed by atoms with van der Waals surface area (Å²) in [6, 6.07) is 1.25. The summed E-state index contributed by atoms with van der Waals surface area (Å²) in [5.41, 5.74) is 5.49. The first kappa shape index (κ1) is 14.7. The van der Waals surface area contributed by atoms with Gasteiger partial charge in [0.1, 0.15) is 0 Å². The highest BCUT2D eigenvalue weighted by atomic mass is 16.6. The molecule has 1 rings (SSSR count). The van der Waals surface area contributed by atoms with Crippen LogP contribution in [-0.4, -0.2) is 30.2 Å². The largest absolute Gasteiger partial charge is 0.504 e. The average molecular weight is 270 g/mol. The molecule has 0 aromatic heterocycles. The summed E-state index contributed by atoms with van der Waals surface area (Å²) in [6.45, 7) is 0. The van der Waals surface area contributed by atoms with Crippen molar-refractivity contribution >= 4 is 11.7 Å². The second-order valence-electron chi connectivity index (χ2n) is 3.73. The number of nitro groups is 1. The van der Waals surface area contributed by atoms with Gasteiger partial charge in [-0.3, -0.25) is 14.9 Å². The zero-order chi connectivity index (χ0) is 14.6. The SMILES string of the molecule is COC(=O)C[C@@H](N)c1cc([N+](=O)[O-])cc(OC)c1O. The minimum absolute atomic E-state index is 0.0523. The van der Waals surface area contributed by atoms with Crippen LogP contribution < -0.4 is 10.5 Å². The number of phenols is 1. The quantitative estimate of drug-likeness (QED) is 0.462. The van der Waals surface area contributed by atoms with Crippen LogP contribution in [0.15, 0.2) is 12.1 Å². The molecule has 3 N–H and O–H groups in total. The molecule has 0 radical (unpaired) electrons. The third kappa shape index (κ3) is 3.32. The van der Waals surface area contributed by atoms with E-state index in [1.807, 2.05) is 0 Å². The van der Waals surface area contributed by atoms with E-state index < -0.39 is 16.9 Å². The lowest BCUT2D eigenvalue weighted by Gasteiger charge is -2.14. The molecule has 8 nitrogen and oxygen atoms in total. The van der Waals surface area contributed by atoms with Gasteiger partial charge in [-0.05, 0) is 0 Å². The number of nitro benzene ring substituents is 1. The summed E-state index contributed by atoms with van der Waals surface area (Å²) >= 11 is 0. The van der Waals surface area contributed by atoms with Crippen molar-refractivity contribution in [2.45, 2.75) is 12.5 Å². The van der Waals surface area contributed by atoms with Crippen molar-refractivity contribution in [1.82, 2.24) is 0 Å². The minimum Gasteiger partial charge on any atom is -0.504 e. The molecule has 8 heteroatoms. The number of carbonyl (C=O) groups excluding carboxylic acids is 1. The maximum absolute atomic E-state index is 11.1. The molecular weight excluding hydrogens is 256 g/mol. The monoisotopic (exact) mass is 270 g/mol. The Hall–Kier alpha value is -2.35. The van der Waals surface area contributed by atoms with Crippen molar-refractivity contribution < 1.29 is 24.3 Å². The summed E-state index contributed by atoms with van der Waals surface area (Å²) in [7, 11) is 2.46. The lowest BCUT2D eigenvalue weighted by molar-refractivity contribution is -0.385. The van der Waals surface area contributed by atoms with Crippen LogP contribution in [0.25, 0.3) is 0 Å². The van der Waals surface area contributed by atoms with Crippen LogP contribution in [0.4, 0.5) is 5.69 Å². The standard InChI is InChI=1S/C11H14N2O6/c1-18-9-4-6(13(16)17)3-7(11(9)15)8(12)5-10(14)19-2/h3-4,8,15H,5,12H2,1-2H3/t8-/m1/s1. The first-order valence-corrected chi connectivity index (χ1v) is 5.28. The number of nitrogens with zero attached hydrogens (tertiary/aromatic N) is 1. The Labute approximate surface area is 108 Å². The van der Waals surface area contributed by atoms with Gasteiger partial charge < -0.3 is 20.3 Å². The maximum atomic E-state index is 11.1. The molecule has 0 saturated heterocycles. The Morgan fingerprint density at radius 1 is 1.53 bits per heavy atom. The molecule has 0 heterocycles. The molecule has 104 valence electrons. The van der Waals surface area contributed by atoms with Crippen LogP contribution in [0.3, 0.4) is 0 Å². The minimum atomic E-state index is -0.929. The fourth-order valence-electron chi connectivity index (χ4n) is 1.53. The number of methoxy groups -OCH3 is 2. The molecule has 19 heavy (non-hydrogen) atoms. The molecule has 0 amide bonds. The van der Waals surface area contributed by atoms with E-state index in [0.29, 0.717) is 0 Å². The van der Waals surface area contributed by atoms with Gasteiger partial charge in [-0.1, -0.05) is 0 Å². The first-order chi connectivity index (χ1) is 8.90. The van der Waals surface area contributed by atoms with E-state index in [2.05, 4.69) is 4.74 Å². The van der Waals surface area contributed by atoms with Gasteiger partial charge in [-0.15, -0.1) is 0 Å². The normalized spacial score (nSPS) is 11.7. The smallest absolute Gasteiger partial charge is 0.307 e. The van der Waals surface area contributed by atoms with E-state index in [0.717, 1.165) is 12.1 Å². The van der Waals surface area contributed by atoms with Gasteiger partial charge in [-0.2, -0.15) is 0 Å². The third-order valence-corrected chi connectivity index (χ3v) is 2.53. The highest BCUT2D eigenvalue weighted by Crippen LogP contribution is 2.37. The molecule has 0 bridgehead atoms. The van der Waals surface area contributed by atoms with E-state index in [4.69, 9.17) is 10.5 Å². The number of nitrogens with two attached hydrogens (primary N) is 1. The highest BCUT2D eigenvalue weighted by Gasteiger charge is 2.22. The summed E-state index contributed by atoms with van der Waals surface area (Å²) in [5.74, 6) is -0.994. The molecule has 1 atom stereocenters. The second kappa shape index (κ2) is 6.01. The number of ether oxygens (including phenoxy) is 2. The van der Waals surface area contributed by atoms with Crippen LogP contribution in [0.5, 0.6) is 11.5 Å². The average Bonchev–Trinajstić information content (AvgIpc) is 2.38. The van der Waals surface area contributed by atoms with E-state index in [-0.39, 0.29) is 29.2 Å². The zero-order valence-electron chi connectivity index (χ0n) is 10.5. The van der Waals surface area contributed by atoms with Gasteiger partial charge in [0.2, 0.25) is 0 Å². The van der Waals surface area contributed by atoms with Gasteiger partial charge in [-0.25, -0.2) is 0 Å². The summed E-state index contributed by atoms with van der Waals surface area (Å²) in [4.78, 5) is 21.3. The molecular formula is C11H14N2O6. The van der Waals surface area contributed by atoms with Gasteiger partial charge in [0.25, 0.3) is 5.69 Å². The van der Waals surface area contributed by atoms with Crippen LogP contribution in [0.1, 0.15) is 18.0 Å². The Morgan fingerprint density at radius 3 is 2.63 bits per heavy atom. The summed E-state index contributed by atoms with van der Waals surface area (Å²) < 4.78 is 9.28. The van der Waals surface area contributed by atoms with Crippen molar-refractivity contribution in [3.8, 4) is 11.5 Å². The number of hydrogen-bond acceptors (Lipinski definition) is 7. The molecule has 0 saturated carbocycles. The summed E-state index contributed by atoms with van der Waals surface area (Å²) in [5, 5.41) is 20.6. The predicted octanol–water partition coefficient (Wildman–Crippen LogP) is 0.872. The van der Waals surface area contributed by atoms with Crippen molar-refractivity contribution in [2.24, 2.45) is 5.73 Å². The molecule has 0 spiro atoms. The van der Waals surface area contributed by atoms with Gasteiger partial charge >= 0.3 is 5.97 Å². The number of hydrogen-bond donors (Lipinski definition) is 2. The van der Waals surface area contributed by atoms with Crippen LogP contribution >= 0.6 is 0 Å². The van der Waals surface area contributed by atoms with E-state index in [1.165, 1.54) is 14.2 Å². The lowest BCUT2D eigenvalue weighted by Crippen LogP contribution is -2.16. The second-order valence-corrected chi connectivity index (χ2v) is 3.73. The number of aromatic hydroxyl groups is 1. The van der Waals surface area contributed by atoms with E-state index in [1.54, 1.807) is 0 Å². The van der Waals surface area contributed by atoms with Crippen molar-refractivity contribution in [3.63, 3.8) is 0 Å². The molecule has 0 aliphatic carbocycles. The predicted molar refractivity (Wildman–Crippen MR) is 64.9 cm³/mol.